The number of carbonyl (C=O) groups excluding carboxylic acids is 3. The van der Waals surface area contributed by atoms with Gasteiger partial charge in [0.05, 0.1) is 16.8 Å². The number of aryl methyl sites for hydroxylation is 2. The summed E-state index contributed by atoms with van der Waals surface area (Å²) in [5, 5.41) is 2.86. The molecular formula is C21H22N2O3. The van der Waals surface area contributed by atoms with Gasteiger partial charge in [-0.05, 0) is 64.4 Å². The van der Waals surface area contributed by atoms with Crippen LogP contribution >= 0.6 is 0 Å². The predicted octanol–water partition coefficient (Wildman–Crippen LogP) is 3.63. The Morgan fingerprint density at radius 2 is 1.58 bits per heavy atom. The minimum atomic E-state index is -0.401. The fraction of sp³-hybridized carbons (Fsp3) is 0.286. The van der Waals surface area contributed by atoms with E-state index in [0.29, 0.717) is 16.8 Å². The van der Waals surface area contributed by atoms with Crippen molar-refractivity contribution in [2.45, 2.75) is 40.2 Å². The Hall–Kier alpha value is -2.95. The molecule has 5 heteroatoms. The van der Waals surface area contributed by atoms with Crippen LogP contribution in [-0.4, -0.2) is 23.3 Å². The van der Waals surface area contributed by atoms with Crippen molar-refractivity contribution in [1.82, 2.24) is 5.32 Å². The highest BCUT2D eigenvalue weighted by atomic mass is 16.2. The lowest BCUT2D eigenvalue weighted by Gasteiger charge is -2.20. The predicted molar refractivity (Wildman–Crippen MR) is 101 cm³/mol. The van der Waals surface area contributed by atoms with Crippen molar-refractivity contribution in [3.8, 4) is 0 Å². The van der Waals surface area contributed by atoms with E-state index in [0.717, 1.165) is 11.1 Å². The lowest BCUT2D eigenvalue weighted by atomic mass is 10.0. The molecule has 0 aliphatic carbocycles. The Balaban J connectivity index is 1.99. The number of carbonyl (C=O) groups is 3. The van der Waals surface area contributed by atoms with Gasteiger partial charge in [-0.3, -0.25) is 14.4 Å². The van der Waals surface area contributed by atoms with Crippen molar-refractivity contribution in [3.63, 3.8) is 0 Å². The van der Waals surface area contributed by atoms with Crippen LogP contribution in [0.15, 0.2) is 36.4 Å². The average Bonchev–Trinajstić information content (AvgIpc) is 2.77. The first-order chi connectivity index (χ1) is 12.1. The fourth-order valence-corrected chi connectivity index (χ4v) is 3.07. The zero-order valence-electron chi connectivity index (χ0n) is 15.6. The van der Waals surface area contributed by atoms with Crippen molar-refractivity contribution < 1.29 is 14.4 Å². The lowest BCUT2D eigenvalue weighted by Crippen LogP contribution is -2.40. The Bertz CT molecular complexity index is 939. The summed E-state index contributed by atoms with van der Waals surface area (Å²) in [5.74, 6) is -1.03. The van der Waals surface area contributed by atoms with Gasteiger partial charge in [0.25, 0.3) is 17.7 Å². The SMILES string of the molecule is Cc1ccc(N2C(=O)c3ccc(C(=O)NC(C)(C)C)cc3C2=O)c(C)c1. The third kappa shape index (κ3) is 3.12. The van der Waals surface area contributed by atoms with Crippen LogP contribution < -0.4 is 10.2 Å². The number of imide groups is 1. The van der Waals surface area contributed by atoms with E-state index in [2.05, 4.69) is 5.32 Å². The standard InChI is InChI=1S/C21H22N2O3/c1-12-6-9-17(13(2)10-12)23-19(25)15-8-7-14(11-16(15)20(23)26)18(24)22-21(3,4)5/h6-11H,1-5H3,(H,22,24). The molecule has 0 saturated carbocycles. The highest BCUT2D eigenvalue weighted by molar-refractivity contribution is 6.35. The highest BCUT2D eigenvalue weighted by Crippen LogP contribution is 2.31. The third-order valence-corrected chi connectivity index (χ3v) is 4.23. The molecule has 1 heterocycles. The zero-order chi connectivity index (χ0) is 19.2. The maximum Gasteiger partial charge on any atom is 0.266 e. The van der Waals surface area contributed by atoms with Gasteiger partial charge in [-0.2, -0.15) is 0 Å². The van der Waals surface area contributed by atoms with Crippen molar-refractivity contribution in [2.75, 3.05) is 4.90 Å². The quantitative estimate of drug-likeness (QED) is 0.841. The van der Waals surface area contributed by atoms with Crippen LogP contribution in [-0.2, 0) is 0 Å². The monoisotopic (exact) mass is 350 g/mol. The molecule has 0 radical (unpaired) electrons. The summed E-state index contributed by atoms with van der Waals surface area (Å²) in [6.45, 7) is 9.48. The van der Waals surface area contributed by atoms with Gasteiger partial charge in [0, 0.05) is 11.1 Å². The van der Waals surface area contributed by atoms with E-state index in [9.17, 15) is 14.4 Å². The molecule has 26 heavy (non-hydrogen) atoms. The van der Waals surface area contributed by atoms with Gasteiger partial charge in [-0.15, -0.1) is 0 Å². The number of benzene rings is 2. The molecule has 5 nitrogen and oxygen atoms in total. The molecule has 0 saturated heterocycles. The summed E-state index contributed by atoms with van der Waals surface area (Å²) in [7, 11) is 0. The van der Waals surface area contributed by atoms with Crippen molar-refractivity contribution in [1.29, 1.82) is 0 Å². The van der Waals surface area contributed by atoms with Gasteiger partial charge >= 0.3 is 0 Å². The van der Waals surface area contributed by atoms with E-state index >= 15 is 0 Å². The topological polar surface area (TPSA) is 66.5 Å². The van der Waals surface area contributed by atoms with Crippen molar-refractivity contribution in [3.05, 3.63) is 64.2 Å². The van der Waals surface area contributed by atoms with E-state index in [4.69, 9.17) is 0 Å². The van der Waals surface area contributed by atoms with Gasteiger partial charge in [0.15, 0.2) is 0 Å². The maximum absolute atomic E-state index is 12.9. The first-order valence-corrected chi connectivity index (χ1v) is 8.51. The van der Waals surface area contributed by atoms with E-state index in [1.165, 1.54) is 11.0 Å². The van der Waals surface area contributed by atoms with Crippen molar-refractivity contribution >= 4 is 23.4 Å². The van der Waals surface area contributed by atoms with Crippen LogP contribution in [0.1, 0.15) is 63.0 Å². The minimum absolute atomic E-state index is 0.261. The summed E-state index contributed by atoms with van der Waals surface area (Å²) in [6.07, 6.45) is 0. The van der Waals surface area contributed by atoms with Gasteiger partial charge in [0.2, 0.25) is 0 Å². The summed E-state index contributed by atoms with van der Waals surface area (Å²) >= 11 is 0. The fourth-order valence-electron chi connectivity index (χ4n) is 3.07. The number of anilines is 1. The third-order valence-electron chi connectivity index (χ3n) is 4.23. The molecule has 0 spiro atoms. The van der Waals surface area contributed by atoms with Crippen LogP contribution in [0, 0.1) is 13.8 Å². The average molecular weight is 350 g/mol. The second kappa shape index (κ2) is 6.09. The van der Waals surface area contributed by atoms with Crippen LogP contribution in [0.3, 0.4) is 0 Å². The minimum Gasteiger partial charge on any atom is -0.347 e. The number of rotatable bonds is 2. The molecule has 1 aliphatic rings. The van der Waals surface area contributed by atoms with E-state index in [1.807, 2.05) is 46.8 Å². The number of hydrogen-bond donors (Lipinski definition) is 1. The molecule has 134 valence electrons. The summed E-state index contributed by atoms with van der Waals surface area (Å²) in [4.78, 5) is 39.2. The molecule has 0 aromatic heterocycles. The largest absolute Gasteiger partial charge is 0.347 e. The molecule has 2 aromatic rings. The number of fused-ring (bicyclic) bond motifs is 1. The Morgan fingerprint density at radius 1 is 0.923 bits per heavy atom. The molecule has 2 aromatic carbocycles. The van der Waals surface area contributed by atoms with Gasteiger partial charge in [0.1, 0.15) is 0 Å². The zero-order valence-corrected chi connectivity index (χ0v) is 15.6. The van der Waals surface area contributed by atoms with Crippen molar-refractivity contribution in [2.24, 2.45) is 0 Å². The first kappa shape index (κ1) is 17.9. The summed E-state index contributed by atoms with van der Waals surface area (Å²) < 4.78 is 0. The van der Waals surface area contributed by atoms with Crippen LogP contribution in [0.5, 0.6) is 0 Å². The van der Waals surface area contributed by atoms with Crippen LogP contribution in [0.25, 0.3) is 0 Å². The molecule has 0 unspecified atom stereocenters. The second-order valence-corrected chi connectivity index (χ2v) is 7.70. The Labute approximate surface area is 153 Å². The summed E-state index contributed by atoms with van der Waals surface area (Å²) in [6, 6.07) is 10.2. The van der Waals surface area contributed by atoms with Crippen LogP contribution in [0.4, 0.5) is 5.69 Å². The molecule has 0 bridgehead atoms. The van der Waals surface area contributed by atoms with Gasteiger partial charge in [-0.1, -0.05) is 17.7 Å². The van der Waals surface area contributed by atoms with E-state index < -0.39 is 5.91 Å². The smallest absolute Gasteiger partial charge is 0.266 e. The maximum atomic E-state index is 12.9. The highest BCUT2D eigenvalue weighted by Gasteiger charge is 2.37. The number of amides is 3. The van der Waals surface area contributed by atoms with Crippen LogP contribution in [0.2, 0.25) is 0 Å². The molecular weight excluding hydrogens is 328 g/mol. The molecule has 3 amide bonds. The Kier molecular flexibility index (Phi) is 4.18. The lowest BCUT2D eigenvalue weighted by molar-refractivity contribution is 0.0912. The molecule has 0 fully saturated rings. The molecule has 0 atom stereocenters. The van der Waals surface area contributed by atoms with Gasteiger partial charge in [-0.25, -0.2) is 4.90 Å². The van der Waals surface area contributed by atoms with E-state index in [-0.39, 0.29) is 22.9 Å². The molecule has 1 aliphatic heterocycles. The van der Waals surface area contributed by atoms with E-state index in [1.54, 1.807) is 18.2 Å². The summed E-state index contributed by atoms with van der Waals surface area (Å²) in [5.41, 5.74) is 3.04. The van der Waals surface area contributed by atoms with Gasteiger partial charge < -0.3 is 5.32 Å². The second-order valence-electron chi connectivity index (χ2n) is 7.70. The number of nitrogens with one attached hydrogen (secondary N) is 1. The number of nitrogens with zero attached hydrogens (tertiary/aromatic N) is 1. The molecule has 1 N–H and O–H groups in total. The normalized spacial score (nSPS) is 13.8. The Morgan fingerprint density at radius 3 is 2.19 bits per heavy atom. The number of hydrogen-bond acceptors (Lipinski definition) is 3. The molecule has 3 rings (SSSR count). The first-order valence-electron chi connectivity index (χ1n) is 8.51.